The summed E-state index contributed by atoms with van der Waals surface area (Å²) in [6.45, 7) is 6.09. The summed E-state index contributed by atoms with van der Waals surface area (Å²) in [7, 11) is 0.148. The maximum atomic E-state index is 13.4. The molecule has 0 saturated heterocycles. The van der Waals surface area contributed by atoms with E-state index in [2.05, 4.69) is 15.5 Å². The second-order valence-electron chi connectivity index (χ2n) is 11.2. The molecule has 0 unspecified atom stereocenters. The molecule has 0 spiro atoms. The smallest absolute Gasteiger partial charge is 0.412 e. The van der Waals surface area contributed by atoms with Crippen LogP contribution in [0.5, 0.6) is 0 Å². The monoisotopic (exact) mass is 600 g/mol. The third kappa shape index (κ3) is 8.67. The second kappa shape index (κ2) is 13.1. The Balaban J connectivity index is 1.44. The van der Waals surface area contributed by atoms with E-state index in [4.69, 9.17) is 4.74 Å². The number of anilines is 2. The number of rotatable bonds is 9. The van der Waals surface area contributed by atoms with Gasteiger partial charge in [0.15, 0.2) is 0 Å². The van der Waals surface area contributed by atoms with Crippen LogP contribution in [0, 0.1) is 0 Å². The van der Waals surface area contributed by atoms with Crippen molar-refractivity contribution in [3.8, 4) is 11.1 Å². The highest BCUT2D eigenvalue weighted by Crippen LogP contribution is 2.25. The second-order valence-corrected chi connectivity index (χ2v) is 13.1. The average molecular weight is 601 g/mol. The van der Waals surface area contributed by atoms with Gasteiger partial charge in [0, 0.05) is 25.0 Å². The Hall–Kier alpha value is -4.67. The van der Waals surface area contributed by atoms with Gasteiger partial charge >= 0.3 is 6.09 Å². The number of ether oxygens (including phenoxy) is 1. The Morgan fingerprint density at radius 1 is 0.884 bits per heavy atom. The van der Waals surface area contributed by atoms with Gasteiger partial charge in [-0.2, -0.15) is 0 Å². The van der Waals surface area contributed by atoms with Gasteiger partial charge in [0.1, 0.15) is 5.60 Å². The van der Waals surface area contributed by atoms with Gasteiger partial charge in [0.2, 0.25) is 5.91 Å². The molecule has 0 bridgehead atoms. The summed E-state index contributed by atoms with van der Waals surface area (Å²) in [5.74, 6) is -0.460. The SMILES string of the molecule is CN(C)Cc1ccc(-c2cccc(S(=O)(=O)n3ccc(C=CC(=O)Nc4ccccc4NC(=O)OC(C)(C)C)c3)c2)cc1. The summed E-state index contributed by atoms with van der Waals surface area (Å²) < 4.78 is 33.2. The predicted molar refractivity (Wildman–Crippen MR) is 170 cm³/mol. The van der Waals surface area contributed by atoms with Crippen molar-refractivity contribution in [1.29, 1.82) is 0 Å². The molecule has 0 aliphatic heterocycles. The molecule has 3 aromatic carbocycles. The molecule has 4 rings (SSSR count). The van der Waals surface area contributed by atoms with Crippen molar-refractivity contribution in [3.63, 3.8) is 0 Å². The molecule has 0 fully saturated rings. The lowest BCUT2D eigenvalue weighted by Gasteiger charge is -2.20. The summed E-state index contributed by atoms with van der Waals surface area (Å²) in [6.07, 6.45) is 5.04. The first-order valence-corrected chi connectivity index (χ1v) is 15.1. The van der Waals surface area contributed by atoms with E-state index in [1.165, 1.54) is 30.1 Å². The van der Waals surface area contributed by atoms with Gasteiger partial charge in [-0.3, -0.25) is 10.1 Å². The van der Waals surface area contributed by atoms with Crippen LogP contribution >= 0.6 is 0 Å². The predicted octanol–water partition coefficient (Wildman–Crippen LogP) is 6.45. The van der Waals surface area contributed by atoms with Crippen molar-refractivity contribution in [1.82, 2.24) is 8.87 Å². The van der Waals surface area contributed by atoms with E-state index in [0.717, 1.165) is 21.6 Å². The molecule has 0 aliphatic rings. The number of benzene rings is 3. The molecule has 4 aromatic rings. The van der Waals surface area contributed by atoms with Crippen LogP contribution < -0.4 is 10.6 Å². The minimum atomic E-state index is -3.87. The first-order valence-electron chi connectivity index (χ1n) is 13.7. The number of nitrogens with zero attached hydrogens (tertiary/aromatic N) is 2. The van der Waals surface area contributed by atoms with Crippen molar-refractivity contribution in [2.45, 2.75) is 37.8 Å². The first-order chi connectivity index (χ1) is 20.3. The normalized spacial score (nSPS) is 12.0. The third-order valence-corrected chi connectivity index (χ3v) is 7.77. The lowest BCUT2D eigenvalue weighted by molar-refractivity contribution is -0.111. The minimum absolute atomic E-state index is 0.153. The Morgan fingerprint density at radius 2 is 1.56 bits per heavy atom. The lowest BCUT2D eigenvalue weighted by atomic mass is 10.0. The number of carbonyl (C=O) groups is 2. The zero-order valence-corrected chi connectivity index (χ0v) is 25.7. The summed E-state index contributed by atoms with van der Waals surface area (Å²) in [5, 5.41) is 5.36. The standard InChI is InChI=1S/C33H36N4O5S/c1-33(2,3)42-32(39)35-30-12-7-6-11-29(30)34-31(38)18-15-25-19-20-37(23-25)43(40,41)28-10-8-9-27(21-28)26-16-13-24(14-17-26)22-36(4)5/h6-21,23H,22H2,1-5H3,(H,34,38)(H,35,39). The first kappa shape index (κ1) is 31.3. The van der Waals surface area contributed by atoms with Crippen molar-refractivity contribution < 1.29 is 22.7 Å². The van der Waals surface area contributed by atoms with E-state index >= 15 is 0 Å². The molecule has 2 N–H and O–H groups in total. The van der Waals surface area contributed by atoms with E-state index in [-0.39, 0.29) is 4.90 Å². The van der Waals surface area contributed by atoms with E-state index in [1.807, 2.05) is 44.4 Å². The topological polar surface area (TPSA) is 110 Å². The highest BCUT2D eigenvalue weighted by Gasteiger charge is 2.19. The van der Waals surface area contributed by atoms with Crippen LogP contribution in [0.4, 0.5) is 16.2 Å². The fraction of sp³-hybridized carbons (Fsp3) is 0.212. The maximum absolute atomic E-state index is 13.4. The number of para-hydroxylation sites is 2. The summed E-state index contributed by atoms with van der Waals surface area (Å²) in [6, 6.07) is 23.2. The molecule has 1 heterocycles. The van der Waals surface area contributed by atoms with Crippen molar-refractivity contribution >= 4 is 39.5 Å². The molecular weight excluding hydrogens is 564 g/mol. The van der Waals surface area contributed by atoms with E-state index in [1.54, 1.807) is 69.3 Å². The Bertz CT molecular complexity index is 1730. The van der Waals surface area contributed by atoms with Crippen LogP contribution in [0.25, 0.3) is 17.2 Å². The third-order valence-electron chi connectivity index (χ3n) is 6.13. The van der Waals surface area contributed by atoms with E-state index in [9.17, 15) is 18.0 Å². The quantitative estimate of drug-likeness (QED) is 0.214. The number of carbonyl (C=O) groups excluding carboxylic acids is 2. The summed E-state index contributed by atoms with van der Waals surface area (Å²) >= 11 is 0. The minimum Gasteiger partial charge on any atom is -0.444 e. The Kier molecular flexibility index (Phi) is 9.53. The van der Waals surface area contributed by atoms with Crippen LogP contribution in [-0.4, -0.2) is 49.0 Å². The van der Waals surface area contributed by atoms with Gasteiger partial charge in [-0.25, -0.2) is 17.2 Å². The fourth-order valence-corrected chi connectivity index (χ4v) is 5.48. The number of nitrogens with one attached hydrogen (secondary N) is 2. The van der Waals surface area contributed by atoms with Crippen molar-refractivity contribution in [2.24, 2.45) is 0 Å². The number of aromatic nitrogens is 1. The number of hydrogen-bond acceptors (Lipinski definition) is 6. The molecular formula is C33H36N4O5S. The Labute approximate surface area is 252 Å². The molecule has 1 aromatic heterocycles. The van der Waals surface area contributed by atoms with E-state index in [0.29, 0.717) is 16.9 Å². The largest absolute Gasteiger partial charge is 0.444 e. The van der Waals surface area contributed by atoms with Gasteiger partial charge in [0.05, 0.1) is 16.3 Å². The highest BCUT2D eigenvalue weighted by molar-refractivity contribution is 7.90. The zero-order valence-electron chi connectivity index (χ0n) is 24.9. The summed E-state index contributed by atoms with van der Waals surface area (Å²) in [4.78, 5) is 27.1. The fourth-order valence-electron chi connectivity index (χ4n) is 4.23. The van der Waals surface area contributed by atoms with Crippen LogP contribution in [0.1, 0.15) is 31.9 Å². The molecule has 0 atom stereocenters. The molecule has 224 valence electrons. The Morgan fingerprint density at radius 3 is 2.21 bits per heavy atom. The van der Waals surface area contributed by atoms with Crippen LogP contribution in [-0.2, 0) is 26.1 Å². The van der Waals surface area contributed by atoms with Gasteiger partial charge in [0.25, 0.3) is 10.0 Å². The summed E-state index contributed by atoms with van der Waals surface area (Å²) in [5.41, 5.74) is 3.49. The van der Waals surface area contributed by atoms with Crippen molar-refractivity contribution in [2.75, 3.05) is 24.7 Å². The maximum Gasteiger partial charge on any atom is 0.412 e. The molecule has 2 amide bonds. The molecule has 0 radical (unpaired) electrons. The zero-order chi connectivity index (χ0) is 31.2. The van der Waals surface area contributed by atoms with Crippen molar-refractivity contribution in [3.05, 3.63) is 108 Å². The molecule has 0 saturated carbocycles. The molecule has 10 heteroatoms. The van der Waals surface area contributed by atoms with Gasteiger partial charge < -0.3 is 15.0 Å². The van der Waals surface area contributed by atoms with Crippen LogP contribution in [0.15, 0.2) is 102 Å². The number of hydrogen-bond donors (Lipinski definition) is 2. The van der Waals surface area contributed by atoms with E-state index < -0.39 is 27.6 Å². The van der Waals surface area contributed by atoms with Gasteiger partial charge in [-0.05, 0) is 93.5 Å². The molecule has 9 nitrogen and oxygen atoms in total. The van der Waals surface area contributed by atoms with Crippen LogP contribution in [0.3, 0.4) is 0 Å². The van der Waals surface area contributed by atoms with Gasteiger partial charge in [-0.15, -0.1) is 0 Å². The highest BCUT2D eigenvalue weighted by atomic mass is 32.2. The van der Waals surface area contributed by atoms with Gasteiger partial charge in [-0.1, -0.05) is 48.5 Å². The average Bonchev–Trinajstić information content (AvgIpc) is 3.42. The van der Waals surface area contributed by atoms with Crippen LogP contribution in [0.2, 0.25) is 0 Å². The molecule has 0 aliphatic carbocycles. The molecule has 43 heavy (non-hydrogen) atoms. The lowest BCUT2D eigenvalue weighted by Crippen LogP contribution is -2.27. The number of amides is 2.